The summed E-state index contributed by atoms with van der Waals surface area (Å²) in [4.78, 5) is 37.2. The topological polar surface area (TPSA) is 82.1 Å². The normalized spacial score (nSPS) is 22.2. The van der Waals surface area contributed by atoms with Crippen LogP contribution in [0, 0.1) is 11.3 Å². The van der Waals surface area contributed by atoms with Crippen molar-refractivity contribution in [3.63, 3.8) is 0 Å². The van der Waals surface area contributed by atoms with Crippen LogP contribution < -0.4 is 0 Å². The number of hydrogen-bond donors (Lipinski definition) is 0. The molecule has 0 aromatic rings. The lowest BCUT2D eigenvalue weighted by Crippen LogP contribution is -2.42. The second-order valence-electron chi connectivity index (χ2n) is 7.92. The average Bonchev–Trinajstić information content (AvgIpc) is 3.10. The maximum atomic E-state index is 12.1. The molecule has 0 radical (unpaired) electrons. The van der Waals surface area contributed by atoms with Crippen LogP contribution in [0.2, 0.25) is 0 Å². The number of amides is 1. The van der Waals surface area contributed by atoms with Gasteiger partial charge in [0.15, 0.2) is 0 Å². The number of piperidine rings is 1. The average molecular weight is 341 g/mol. The van der Waals surface area contributed by atoms with Crippen LogP contribution in [-0.4, -0.2) is 47.9 Å². The lowest BCUT2D eigenvalue weighted by Gasteiger charge is -2.34. The molecule has 7 nitrogen and oxygen atoms in total. The molecule has 2 fully saturated rings. The lowest BCUT2D eigenvalue weighted by atomic mass is 9.91. The summed E-state index contributed by atoms with van der Waals surface area (Å²) in [5.41, 5.74) is -0.664. The number of carbonyl (C=O) groups excluding carboxylic acids is 3. The molecule has 0 bridgehead atoms. The third-order valence-corrected chi connectivity index (χ3v) is 4.40. The monoisotopic (exact) mass is 341 g/mol. The Balaban J connectivity index is 1.80. The highest BCUT2D eigenvalue weighted by Crippen LogP contribution is 2.59. The van der Waals surface area contributed by atoms with Crippen LogP contribution in [0.3, 0.4) is 0 Å². The zero-order valence-corrected chi connectivity index (χ0v) is 15.1. The summed E-state index contributed by atoms with van der Waals surface area (Å²) in [5.74, 6) is -0.802. The molecule has 7 heteroatoms. The summed E-state index contributed by atoms with van der Waals surface area (Å²) < 4.78 is 14.9. The number of nitrogens with zero attached hydrogens (tertiary/aromatic N) is 1. The third kappa shape index (κ3) is 4.61. The van der Waals surface area contributed by atoms with Gasteiger partial charge in [-0.3, -0.25) is 4.79 Å². The molecule has 1 saturated carbocycles. The molecular formula is C17H27NO6. The van der Waals surface area contributed by atoms with Crippen molar-refractivity contribution in [3.8, 4) is 0 Å². The molecular weight excluding hydrogens is 314 g/mol. The molecule has 1 unspecified atom stereocenters. The van der Waals surface area contributed by atoms with Crippen LogP contribution in [0.25, 0.3) is 0 Å². The number of esters is 1. The first kappa shape index (κ1) is 18.5. The van der Waals surface area contributed by atoms with E-state index in [1.54, 1.807) is 18.7 Å². The standard InChI is InChI=1S/C17H27NO6/c1-11(2)22-15(21)23-13(19)12-10-17(12)6-8-18(9-7-17)14(20)24-16(3,4)5/h11-12H,6-10H2,1-5H3. The first-order chi connectivity index (χ1) is 11.0. The van der Waals surface area contributed by atoms with Gasteiger partial charge in [-0.05, 0) is 59.3 Å². The SMILES string of the molecule is CC(C)OC(=O)OC(=O)C1CC12CCN(C(=O)OC(C)(C)C)CC2. The number of hydrogen-bond acceptors (Lipinski definition) is 6. The fourth-order valence-electron chi connectivity index (χ4n) is 3.06. The van der Waals surface area contributed by atoms with E-state index < -0.39 is 17.7 Å². The van der Waals surface area contributed by atoms with Crippen molar-refractivity contribution < 1.29 is 28.6 Å². The van der Waals surface area contributed by atoms with E-state index >= 15 is 0 Å². The molecule has 0 N–H and O–H groups in total. The van der Waals surface area contributed by atoms with Gasteiger partial charge in [-0.15, -0.1) is 0 Å². The largest absolute Gasteiger partial charge is 0.516 e. The number of rotatable bonds is 2. The Morgan fingerprint density at radius 1 is 1.12 bits per heavy atom. The molecule has 1 aliphatic heterocycles. The van der Waals surface area contributed by atoms with Gasteiger partial charge < -0.3 is 19.1 Å². The Bertz CT molecular complexity index is 514. The minimum absolute atomic E-state index is 0.145. The molecule has 1 saturated heterocycles. The molecule has 1 amide bonds. The van der Waals surface area contributed by atoms with Gasteiger partial charge in [-0.25, -0.2) is 9.59 Å². The number of ether oxygens (including phenoxy) is 3. The molecule has 0 aromatic heterocycles. The van der Waals surface area contributed by atoms with E-state index in [2.05, 4.69) is 0 Å². The highest BCUT2D eigenvalue weighted by Gasteiger charge is 2.60. The number of carbonyl (C=O) groups is 3. The van der Waals surface area contributed by atoms with Crippen LogP contribution in [0.1, 0.15) is 53.9 Å². The van der Waals surface area contributed by atoms with Gasteiger partial charge in [0.2, 0.25) is 0 Å². The third-order valence-electron chi connectivity index (χ3n) is 4.40. The summed E-state index contributed by atoms with van der Waals surface area (Å²) in [7, 11) is 0. The second-order valence-corrected chi connectivity index (χ2v) is 7.92. The van der Waals surface area contributed by atoms with Gasteiger partial charge in [-0.1, -0.05) is 0 Å². The van der Waals surface area contributed by atoms with E-state index in [-0.39, 0.29) is 23.5 Å². The minimum Gasteiger partial charge on any atom is -0.444 e. The second kappa shape index (κ2) is 6.61. The molecule has 1 heterocycles. The maximum Gasteiger partial charge on any atom is 0.516 e. The lowest BCUT2D eigenvalue weighted by molar-refractivity contribution is -0.143. The molecule has 2 rings (SSSR count). The maximum absolute atomic E-state index is 12.1. The van der Waals surface area contributed by atoms with Crippen molar-refractivity contribution >= 4 is 18.2 Å². The predicted octanol–water partition coefficient (Wildman–Crippen LogP) is 3.11. The van der Waals surface area contributed by atoms with Crippen LogP contribution >= 0.6 is 0 Å². The number of likely N-dealkylation sites (tertiary alicyclic amines) is 1. The highest BCUT2D eigenvalue weighted by atomic mass is 16.7. The van der Waals surface area contributed by atoms with E-state index in [0.29, 0.717) is 32.4 Å². The quantitative estimate of drug-likeness (QED) is 0.567. The Kier molecular flexibility index (Phi) is 5.11. The molecule has 0 aromatic carbocycles. The molecule has 1 aliphatic carbocycles. The van der Waals surface area contributed by atoms with Crippen LogP contribution in [0.15, 0.2) is 0 Å². The highest BCUT2D eigenvalue weighted by molar-refractivity contribution is 5.86. The summed E-state index contributed by atoms with van der Waals surface area (Å²) in [6.07, 6.45) is 0.538. The van der Waals surface area contributed by atoms with E-state index in [1.807, 2.05) is 20.8 Å². The van der Waals surface area contributed by atoms with Gasteiger partial charge >= 0.3 is 18.2 Å². The molecule has 136 valence electrons. The Morgan fingerprint density at radius 3 is 2.21 bits per heavy atom. The summed E-state index contributed by atoms with van der Waals surface area (Å²) in [5, 5.41) is 0. The summed E-state index contributed by atoms with van der Waals surface area (Å²) in [6, 6.07) is 0. The van der Waals surface area contributed by atoms with E-state index in [9.17, 15) is 14.4 Å². The fourth-order valence-corrected chi connectivity index (χ4v) is 3.06. The summed E-state index contributed by atoms with van der Waals surface area (Å²) in [6.45, 7) is 9.98. The van der Waals surface area contributed by atoms with E-state index in [0.717, 1.165) is 0 Å². The van der Waals surface area contributed by atoms with E-state index in [4.69, 9.17) is 14.2 Å². The van der Waals surface area contributed by atoms with Crippen molar-refractivity contribution in [2.45, 2.75) is 65.6 Å². The predicted molar refractivity (Wildman–Crippen MR) is 85.3 cm³/mol. The molecule has 2 aliphatic rings. The Labute approximate surface area is 142 Å². The fraction of sp³-hybridized carbons (Fsp3) is 0.824. The van der Waals surface area contributed by atoms with Gasteiger partial charge in [0.05, 0.1) is 12.0 Å². The van der Waals surface area contributed by atoms with Crippen molar-refractivity contribution in [2.24, 2.45) is 11.3 Å². The Morgan fingerprint density at radius 2 is 1.71 bits per heavy atom. The first-order valence-corrected chi connectivity index (χ1v) is 8.43. The van der Waals surface area contributed by atoms with E-state index in [1.165, 1.54) is 0 Å². The van der Waals surface area contributed by atoms with Gasteiger partial charge in [0.25, 0.3) is 0 Å². The van der Waals surface area contributed by atoms with Crippen molar-refractivity contribution in [3.05, 3.63) is 0 Å². The van der Waals surface area contributed by atoms with Crippen molar-refractivity contribution in [1.29, 1.82) is 0 Å². The van der Waals surface area contributed by atoms with Gasteiger partial charge in [-0.2, -0.15) is 0 Å². The van der Waals surface area contributed by atoms with Crippen molar-refractivity contribution in [2.75, 3.05) is 13.1 Å². The smallest absolute Gasteiger partial charge is 0.444 e. The zero-order chi connectivity index (χ0) is 18.1. The molecule has 24 heavy (non-hydrogen) atoms. The van der Waals surface area contributed by atoms with Crippen LogP contribution in [0.4, 0.5) is 9.59 Å². The van der Waals surface area contributed by atoms with Crippen LogP contribution in [-0.2, 0) is 19.0 Å². The molecule has 1 atom stereocenters. The summed E-state index contributed by atoms with van der Waals surface area (Å²) >= 11 is 0. The van der Waals surface area contributed by atoms with Gasteiger partial charge in [0, 0.05) is 13.1 Å². The first-order valence-electron chi connectivity index (χ1n) is 8.43. The Hall–Kier alpha value is -1.79. The molecule has 1 spiro atoms. The van der Waals surface area contributed by atoms with Crippen molar-refractivity contribution in [1.82, 2.24) is 4.90 Å². The minimum atomic E-state index is -0.941. The van der Waals surface area contributed by atoms with Crippen LogP contribution in [0.5, 0.6) is 0 Å². The zero-order valence-electron chi connectivity index (χ0n) is 15.1. The van der Waals surface area contributed by atoms with Gasteiger partial charge in [0.1, 0.15) is 5.60 Å².